The van der Waals surface area contributed by atoms with Gasteiger partial charge in [0.2, 0.25) is 0 Å². The molecule has 8 heteroatoms. The normalized spacial score (nSPS) is 11.6. The molecule has 1 aromatic carbocycles. The zero-order valence-corrected chi connectivity index (χ0v) is 11.8. The Hall–Kier alpha value is -2.41. The maximum absolute atomic E-state index is 13.7. The fourth-order valence-electron chi connectivity index (χ4n) is 1.36. The molecule has 1 amide bonds. The molecule has 112 valence electrons. The summed E-state index contributed by atoms with van der Waals surface area (Å²) < 4.78 is 13.7. The molecular formula is C13H11ClFNO5. The van der Waals surface area contributed by atoms with Crippen LogP contribution in [-0.4, -0.2) is 28.1 Å². The van der Waals surface area contributed by atoms with Crippen LogP contribution in [0.1, 0.15) is 24.2 Å². The third-order valence-electron chi connectivity index (χ3n) is 2.76. The molecule has 0 fully saturated rings. The Balaban J connectivity index is 3.17. The summed E-state index contributed by atoms with van der Waals surface area (Å²) in [4.78, 5) is 33.4. The lowest BCUT2D eigenvalue weighted by Crippen LogP contribution is -2.17. The summed E-state index contributed by atoms with van der Waals surface area (Å²) in [6.45, 7) is 2.48. The number of carbonyl (C=O) groups is 3. The second-order valence-corrected chi connectivity index (χ2v) is 4.53. The number of benzene rings is 1. The number of carboxylic acid groups (broad SMARTS) is 2. The van der Waals surface area contributed by atoms with Crippen molar-refractivity contribution in [3.8, 4) is 0 Å². The standard InChI is InChI=1S/C13H11ClFNO5/c1-5(6(2)12(18)19)11(17)16-10-3-7(13(20)21)8(14)4-9(10)15/h3-4H,1-2H3,(H,16,17)(H,18,19)(H,20,21). The van der Waals surface area contributed by atoms with Gasteiger partial charge in [-0.3, -0.25) is 4.79 Å². The number of halogens is 2. The van der Waals surface area contributed by atoms with Crippen molar-refractivity contribution in [3.05, 3.63) is 39.7 Å². The van der Waals surface area contributed by atoms with Crippen LogP contribution < -0.4 is 5.32 Å². The minimum absolute atomic E-state index is 0.131. The van der Waals surface area contributed by atoms with Gasteiger partial charge in [-0.05, 0) is 26.0 Å². The van der Waals surface area contributed by atoms with Crippen molar-refractivity contribution in [1.82, 2.24) is 0 Å². The minimum Gasteiger partial charge on any atom is -0.478 e. The van der Waals surface area contributed by atoms with Crippen LogP contribution in [0.25, 0.3) is 0 Å². The number of hydrogen-bond acceptors (Lipinski definition) is 3. The zero-order chi connectivity index (χ0) is 16.3. The molecule has 0 atom stereocenters. The number of carbonyl (C=O) groups excluding carboxylic acids is 1. The van der Waals surface area contributed by atoms with Crippen LogP contribution in [0.3, 0.4) is 0 Å². The summed E-state index contributed by atoms with van der Waals surface area (Å²) in [7, 11) is 0. The van der Waals surface area contributed by atoms with E-state index in [1.165, 1.54) is 13.8 Å². The molecule has 0 aromatic heterocycles. The average molecular weight is 316 g/mol. The van der Waals surface area contributed by atoms with Crippen molar-refractivity contribution in [2.45, 2.75) is 13.8 Å². The molecule has 0 saturated heterocycles. The van der Waals surface area contributed by atoms with Gasteiger partial charge < -0.3 is 15.5 Å². The van der Waals surface area contributed by atoms with Gasteiger partial charge in [0.1, 0.15) is 5.82 Å². The number of hydrogen-bond donors (Lipinski definition) is 3. The minimum atomic E-state index is -1.38. The van der Waals surface area contributed by atoms with Gasteiger partial charge in [-0.15, -0.1) is 0 Å². The van der Waals surface area contributed by atoms with Crippen LogP contribution >= 0.6 is 11.6 Å². The summed E-state index contributed by atoms with van der Waals surface area (Å²) in [6, 6.07) is 1.62. The van der Waals surface area contributed by atoms with E-state index in [9.17, 15) is 18.8 Å². The van der Waals surface area contributed by atoms with Crippen molar-refractivity contribution in [2.75, 3.05) is 5.32 Å². The molecule has 0 radical (unpaired) electrons. The highest BCUT2D eigenvalue weighted by atomic mass is 35.5. The zero-order valence-electron chi connectivity index (χ0n) is 11.0. The summed E-state index contributed by atoms with van der Waals surface area (Å²) in [5.74, 6) is -4.46. The first-order chi connectivity index (χ1) is 9.65. The van der Waals surface area contributed by atoms with Crippen molar-refractivity contribution < 1.29 is 29.0 Å². The maximum Gasteiger partial charge on any atom is 0.337 e. The van der Waals surface area contributed by atoms with Crippen LogP contribution in [0.2, 0.25) is 5.02 Å². The van der Waals surface area contributed by atoms with Gasteiger partial charge in [0, 0.05) is 11.1 Å². The van der Waals surface area contributed by atoms with Crippen LogP contribution in [0, 0.1) is 5.82 Å². The topological polar surface area (TPSA) is 104 Å². The summed E-state index contributed by atoms with van der Waals surface area (Å²) in [5, 5.41) is 19.4. The number of aliphatic carboxylic acids is 1. The molecule has 3 N–H and O–H groups in total. The van der Waals surface area contributed by atoms with Gasteiger partial charge in [0.15, 0.2) is 0 Å². The molecule has 1 rings (SSSR count). The molecule has 0 aliphatic carbocycles. The van der Waals surface area contributed by atoms with Gasteiger partial charge in [-0.1, -0.05) is 11.6 Å². The predicted molar refractivity (Wildman–Crippen MR) is 73.0 cm³/mol. The quantitative estimate of drug-likeness (QED) is 0.741. The van der Waals surface area contributed by atoms with E-state index in [-0.39, 0.29) is 21.7 Å². The first-order valence-corrected chi connectivity index (χ1v) is 5.97. The largest absolute Gasteiger partial charge is 0.478 e. The molecule has 1 aromatic rings. The Morgan fingerprint density at radius 3 is 2.19 bits per heavy atom. The number of carboxylic acids is 2. The van der Waals surface area contributed by atoms with Crippen LogP contribution in [0.4, 0.5) is 10.1 Å². The van der Waals surface area contributed by atoms with E-state index in [0.717, 1.165) is 12.1 Å². The molecule has 0 saturated carbocycles. The molecule has 0 bridgehead atoms. The smallest absolute Gasteiger partial charge is 0.337 e. The Kier molecular flexibility index (Phi) is 5.04. The highest BCUT2D eigenvalue weighted by Gasteiger charge is 2.18. The number of amides is 1. The molecule has 0 heterocycles. The van der Waals surface area contributed by atoms with Gasteiger partial charge in [-0.25, -0.2) is 14.0 Å². The van der Waals surface area contributed by atoms with Crippen LogP contribution in [-0.2, 0) is 9.59 Å². The Morgan fingerprint density at radius 1 is 1.14 bits per heavy atom. The number of nitrogens with one attached hydrogen (secondary N) is 1. The molecular weight excluding hydrogens is 305 g/mol. The molecule has 0 aliphatic heterocycles. The maximum atomic E-state index is 13.7. The molecule has 0 spiro atoms. The first kappa shape index (κ1) is 16.6. The second kappa shape index (κ2) is 6.36. The van der Waals surface area contributed by atoms with Crippen molar-refractivity contribution in [2.24, 2.45) is 0 Å². The number of rotatable bonds is 4. The van der Waals surface area contributed by atoms with E-state index in [4.69, 9.17) is 21.8 Å². The Morgan fingerprint density at radius 2 is 1.71 bits per heavy atom. The van der Waals surface area contributed by atoms with E-state index >= 15 is 0 Å². The lowest BCUT2D eigenvalue weighted by atomic mass is 10.1. The Labute approximate surface area is 123 Å². The van der Waals surface area contributed by atoms with E-state index in [1.807, 2.05) is 0 Å². The molecule has 21 heavy (non-hydrogen) atoms. The van der Waals surface area contributed by atoms with Crippen LogP contribution in [0.15, 0.2) is 23.3 Å². The molecule has 0 aliphatic rings. The SMILES string of the molecule is CC(C(=O)O)=C(C)C(=O)Nc1cc(C(=O)O)c(Cl)cc1F. The van der Waals surface area contributed by atoms with Gasteiger partial charge in [0.05, 0.1) is 16.3 Å². The predicted octanol–water partition coefficient (Wildman–Crippen LogP) is 2.54. The lowest BCUT2D eigenvalue weighted by molar-refractivity contribution is -0.133. The lowest BCUT2D eigenvalue weighted by Gasteiger charge is -2.10. The molecule has 6 nitrogen and oxygen atoms in total. The van der Waals surface area contributed by atoms with Crippen molar-refractivity contribution in [1.29, 1.82) is 0 Å². The van der Waals surface area contributed by atoms with Gasteiger partial charge in [-0.2, -0.15) is 0 Å². The number of anilines is 1. The molecule has 0 unspecified atom stereocenters. The third kappa shape index (κ3) is 3.79. The highest BCUT2D eigenvalue weighted by molar-refractivity contribution is 6.33. The van der Waals surface area contributed by atoms with E-state index in [1.54, 1.807) is 0 Å². The van der Waals surface area contributed by atoms with Crippen LogP contribution in [0.5, 0.6) is 0 Å². The van der Waals surface area contributed by atoms with Gasteiger partial charge in [0.25, 0.3) is 5.91 Å². The van der Waals surface area contributed by atoms with Crippen molar-refractivity contribution in [3.63, 3.8) is 0 Å². The Bertz CT molecular complexity index is 669. The monoisotopic (exact) mass is 315 g/mol. The second-order valence-electron chi connectivity index (χ2n) is 4.13. The first-order valence-electron chi connectivity index (χ1n) is 5.59. The average Bonchev–Trinajstić information content (AvgIpc) is 2.39. The fraction of sp³-hybridized carbons (Fsp3) is 0.154. The van der Waals surface area contributed by atoms with E-state index in [2.05, 4.69) is 5.32 Å². The fourth-order valence-corrected chi connectivity index (χ4v) is 1.59. The summed E-state index contributed by atoms with van der Waals surface area (Å²) in [6.07, 6.45) is 0. The number of aromatic carboxylic acids is 1. The highest BCUT2D eigenvalue weighted by Crippen LogP contribution is 2.25. The van der Waals surface area contributed by atoms with Crippen molar-refractivity contribution >= 4 is 35.1 Å². The van der Waals surface area contributed by atoms with Gasteiger partial charge >= 0.3 is 11.9 Å². The summed E-state index contributed by atoms with van der Waals surface area (Å²) >= 11 is 5.57. The van der Waals surface area contributed by atoms with E-state index < -0.39 is 29.4 Å². The van der Waals surface area contributed by atoms with E-state index in [0.29, 0.717) is 0 Å². The third-order valence-corrected chi connectivity index (χ3v) is 3.07. The summed E-state index contributed by atoms with van der Waals surface area (Å²) in [5.41, 5.74) is -1.13.